The van der Waals surface area contributed by atoms with Gasteiger partial charge in [-0.1, -0.05) is 224 Å². The number of carbonyl (C=O) groups is 7. The van der Waals surface area contributed by atoms with Crippen LogP contribution in [0.5, 0.6) is 0 Å². The number of thiol groups is 1. The van der Waals surface area contributed by atoms with Gasteiger partial charge in [-0.3, -0.25) is 32.8 Å². The van der Waals surface area contributed by atoms with E-state index in [-0.39, 0.29) is 92.1 Å². The van der Waals surface area contributed by atoms with Crippen LogP contribution in [-0.2, 0) is 100 Å². The molecule has 6 saturated heterocycles. The Hall–Kier alpha value is -9.84. The van der Waals surface area contributed by atoms with Gasteiger partial charge in [-0.2, -0.15) is 18.6 Å². The number of benzene rings is 7. The summed E-state index contributed by atoms with van der Waals surface area (Å²) in [6.45, 7) is 14.9. The van der Waals surface area contributed by atoms with Gasteiger partial charge in [-0.05, 0) is 39.4 Å². The quantitative estimate of drug-likeness (QED) is 0.00675. The highest BCUT2D eigenvalue weighted by atomic mass is 35.7. The number of hydrogen-bond donors (Lipinski definition) is 5. The molecule has 0 radical (unpaired) electrons. The van der Waals surface area contributed by atoms with E-state index < -0.39 is 57.0 Å². The summed E-state index contributed by atoms with van der Waals surface area (Å²) >= 11 is 15.3. The molecule has 6 fully saturated rings. The first-order valence-corrected chi connectivity index (χ1v) is 49.8. The molecule has 698 valence electrons. The highest BCUT2D eigenvalue weighted by molar-refractivity contribution is 8.14. The number of Topliss-reactive ketones (excluding diaryl/α,β-unsaturated/α-hetero) is 1. The van der Waals surface area contributed by atoms with Crippen LogP contribution in [0.4, 0.5) is 30.8 Å². The molecule has 7 aromatic carbocycles. The van der Waals surface area contributed by atoms with Crippen molar-refractivity contribution in [3.8, 4) is 0 Å². The second kappa shape index (κ2) is 56.7. The zero-order chi connectivity index (χ0) is 93.6. The summed E-state index contributed by atoms with van der Waals surface area (Å²) in [7, 11) is -0.139. The standard InChI is InChI=1S/C14H18N4.C13H15NO3S.C12H15NO5S.C11H12ClNO4S.C11H12ClNO3S.C11H13NO3.C10H11N3.C4H9Cl2N.C2H4OS/c1-2-4-13(5-3-1)12-18-9-6-14(16-18)17-10-7-15-8-11-17;1-10(15)18-12-7-14(8-12)13(16)17-9-11-5-3-2-4-6-11;1-19(15,16)18-11-7-13(8-11)12(14)17-9-10-5-3-2-4-6-10;12-18(15,16)10-6-13(7-10)11(14)17-8-9-4-2-1-3-5-9;12-17(15,16)10-6-13(7-10)8-11(14)9-4-2-1-3-5-9;13-10-6-12(7-10)11(14)15-8-9-4-2-1-3-5-9;11-10-6-7-13(12-10)8-9-4-2-1-3-5-9;5-1-3-7-4-2-6;1-2(3)4/h1-6,9,15H,7-8,10-12H2;2-6,12H,7-9H2,1H3;2-6,11H,7-9H2,1H3;1-5,10H,6-8H2;1-5,10H,6-8H2;1-5,10,13H,6-8H2;1-7H,8H2,(H2,11,12);7H,1-4H2;1H3,(H,3,4). The van der Waals surface area contributed by atoms with Crippen molar-refractivity contribution in [1.82, 2.24) is 54.7 Å². The van der Waals surface area contributed by atoms with E-state index >= 15 is 0 Å². The lowest BCUT2D eigenvalue weighted by Gasteiger charge is -2.37. The van der Waals surface area contributed by atoms with Gasteiger partial charge in [-0.25, -0.2) is 36.0 Å². The summed E-state index contributed by atoms with van der Waals surface area (Å²) < 4.78 is 94.5. The van der Waals surface area contributed by atoms with Crippen LogP contribution in [0.25, 0.3) is 0 Å². The van der Waals surface area contributed by atoms with Gasteiger partial charge in [0.05, 0.1) is 58.2 Å². The number of thioether (sulfide) groups is 1. The van der Waals surface area contributed by atoms with E-state index in [2.05, 4.69) is 87.0 Å². The Balaban J connectivity index is 0.000000202. The van der Waals surface area contributed by atoms with E-state index in [9.17, 15) is 58.8 Å². The molecule has 0 unspecified atom stereocenters. The van der Waals surface area contributed by atoms with Crippen molar-refractivity contribution in [3.63, 3.8) is 0 Å². The topological polar surface area (TPSA) is 393 Å². The minimum absolute atomic E-state index is 0.00368. The number of nitrogens with two attached hydrogens (primary N) is 1. The number of β-amino-alcohol motifs (C(OH)–C–C–N with tert-alkyl or cyclic N) is 1. The Kier molecular flexibility index (Phi) is 46.7. The highest BCUT2D eigenvalue weighted by Gasteiger charge is 2.41. The molecule has 6 aliphatic rings. The van der Waals surface area contributed by atoms with E-state index in [1.54, 1.807) is 47.1 Å². The number of halogens is 4. The normalized spacial score (nSPS) is 14.8. The molecule has 0 saturated carbocycles. The first-order chi connectivity index (χ1) is 61.7. The van der Waals surface area contributed by atoms with Crippen molar-refractivity contribution in [2.24, 2.45) is 0 Å². The van der Waals surface area contributed by atoms with Crippen LogP contribution in [0, 0.1) is 0 Å². The van der Waals surface area contributed by atoms with E-state index in [4.69, 9.17) is 78.5 Å². The number of aliphatic hydroxyl groups is 1. The van der Waals surface area contributed by atoms with E-state index in [1.807, 2.05) is 167 Å². The third-order valence-electron chi connectivity index (χ3n) is 18.7. The molecule has 8 heterocycles. The predicted molar refractivity (Wildman–Crippen MR) is 504 cm³/mol. The fourth-order valence-electron chi connectivity index (χ4n) is 11.9. The molecule has 15 rings (SSSR count). The molecule has 129 heavy (non-hydrogen) atoms. The van der Waals surface area contributed by atoms with Crippen molar-refractivity contribution in [3.05, 3.63) is 276 Å². The maximum absolute atomic E-state index is 11.8. The first-order valence-electron chi connectivity index (χ1n) is 40.8. The summed E-state index contributed by atoms with van der Waals surface area (Å²) in [5.41, 5.74) is 12.4. The van der Waals surface area contributed by atoms with Crippen molar-refractivity contribution >= 4 is 149 Å². The van der Waals surface area contributed by atoms with Gasteiger partial charge in [-0.15, -0.1) is 35.8 Å². The molecule has 0 bridgehead atoms. The summed E-state index contributed by atoms with van der Waals surface area (Å²) in [5.74, 6) is 2.98. The summed E-state index contributed by atoms with van der Waals surface area (Å²) in [5, 5.41) is 23.1. The molecule has 0 aliphatic carbocycles. The zero-order valence-corrected chi connectivity index (χ0v) is 78.7. The van der Waals surface area contributed by atoms with Crippen molar-refractivity contribution < 1.29 is 87.1 Å². The Morgan fingerprint density at radius 2 is 0.829 bits per heavy atom. The Labute approximate surface area is 782 Å². The van der Waals surface area contributed by atoms with Crippen LogP contribution < -0.4 is 21.3 Å². The van der Waals surface area contributed by atoms with Gasteiger partial charge in [0.1, 0.15) is 48.8 Å². The molecule has 32 nitrogen and oxygen atoms in total. The maximum Gasteiger partial charge on any atom is 0.410 e. The molecule has 5 N–H and O–H groups in total. The van der Waals surface area contributed by atoms with Gasteiger partial charge in [0.15, 0.2) is 21.8 Å². The lowest BCUT2D eigenvalue weighted by atomic mass is 10.1. The number of rotatable bonds is 25. The largest absolute Gasteiger partial charge is 0.445 e. The lowest BCUT2D eigenvalue weighted by Crippen LogP contribution is -2.55. The minimum Gasteiger partial charge on any atom is -0.445 e. The van der Waals surface area contributed by atoms with Gasteiger partial charge in [0.2, 0.25) is 18.1 Å². The molecule has 0 atom stereocenters. The van der Waals surface area contributed by atoms with Crippen molar-refractivity contribution in [2.45, 2.75) is 81.3 Å². The molecular formula is C88H109Cl4N13O19S5. The fraction of sp³-hybridized carbons (Fsp3) is 0.375. The van der Waals surface area contributed by atoms with Gasteiger partial charge < -0.3 is 64.9 Å². The summed E-state index contributed by atoms with van der Waals surface area (Å²) in [6, 6.07) is 71.1. The third-order valence-corrected chi connectivity index (χ3v) is 24.4. The Morgan fingerprint density at radius 3 is 1.18 bits per heavy atom. The number of nitrogens with one attached hydrogen (secondary N) is 2. The Morgan fingerprint density at radius 1 is 0.488 bits per heavy atom. The smallest absolute Gasteiger partial charge is 0.410 e. The van der Waals surface area contributed by atoms with Crippen molar-refractivity contribution in [2.75, 3.05) is 140 Å². The number of piperazine rings is 1. The monoisotopic (exact) mass is 1950 g/mol. The maximum atomic E-state index is 11.8. The van der Waals surface area contributed by atoms with Crippen LogP contribution in [0.2, 0.25) is 0 Å². The Bertz CT molecular complexity index is 5180. The van der Waals surface area contributed by atoms with Crippen LogP contribution in [-0.4, -0.2) is 272 Å². The number of nitrogen functional groups attached to an aromatic ring is 1. The first kappa shape index (κ1) is 106. The van der Waals surface area contributed by atoms with Crippen LogP contribution in [0.3, 0.4) is 0 Å². The summed E-state index contributed by atoms with van der Waals surface area (Å²) in [6.07, 6.45) is 2.44. The molecule has 9 aromatic rings. The minimum atomic E-state index is -3.58. The number of aromatic nitrogens is 4. The molecular weight excluding hydrogens is 1850 g/mol. The van der Waals surface area contributed by atoms with E-state index in [0.29, 0.717) is 69.0 Å². The number of amides is 4. The van der Waals surface area contributed by atoms with E-state index in [0.717, 1.165) is 86.7 Å². The third kappa shape index (κ3) is 42.7. The number of ketones is 1. The van der Waals surface area contributed by atoms with Crippen molar-refractivity contribution in [1.29, 1.82) is 0 Å². The molecule has 0 spiro atoms. The number of anilines is 2. The molecule has 4 amide bonds. The fourth-order valence-corrected chi connectivity index (χ4v) is 16.0. The zero-order valence-electron chi connectivity index (χ0n) is 71.5. The number of aliphatic hydroxyl groups excluding tert-OH is 1. The highest BCUT2D eigenvalue weighted by Crippen LogP contribution is 2.26. The predicted octanol–water partition coefficient (Wildman–Crippen LogP) is 11.3. The molecule has 41 heteroatoms. The van der Waals surface area contributed by atoms with Gasteiger partial charge >= 0.3 is 24.4 Å². The van der Waals surface area contributed by atoms with Crippen LogP contribution in [0.15, 0.2) is 237 Å². The lowest BCUT2D eigenvalue weighted by molar-refractivity contribution is -0.109. The van der Waals surface area contributed by atoms with Crippen LogP contribution in [0.1, 0.15) is 57.6 Å². The van der Waals surface area contributed by atoms with Crippen LogP contribution >= 0.6 is 69.0 Å². The number of carbonyl (C=O) groups excluding carboxylic acids is 7. The van der Waals surface area contributed by atoms with Gasteiger partial charge in [0.25, 0.3) is 10.1 Å². The number of ether oxygens (including phenoxy) is 4. The average molecular weight is 1960 g/mol. The number of nitrogens with zero attached hydrogens (tertiary/aromatic N) is 10. The number of alkyl halides is 2. The average Bonchev–Trinajstić information content (AvgIpc) is 1.68. The van der Waals surface area contributed by atoms with Gasteiger partial charge in [0, 0.05) is 155 Å². The van der Waals surface area contributed by atoms with E-state index in [1.165, 1.54) is 44.5 Å². The molecule has 2 aromatic heterocycles. The second-order valence-corrected chi connectivity index (χ2v) is 39.7. The summed E-state index contributed by atoms with van der Waals surface area (Å²) in [4.78, 5) is 88.0. The molecule has 6 aliphatic heterocycles. The SMILES string of the molecule is CC(=O)S.CC(=O)SC1CN(C(=O)OCc2ccccc2)C1.CS(=O)(=O)OC1CN(C(=O)OCc2ccccc2)C1.ClCCNCCCl.Nc1ccn(Cc2ccccc2)n1.O=C(CN1CC(S(=O)(=O)Cl)C1)c1ccccc1.O=C(OCc1ccccc1)N1CC(O)C1.O=C(OCc1ccccc1)N1CC(S(=O)(=O)Cl)C1.c1ccc(Cn2ccc(N3CCNCC3)n2)cc1. The second-order valence-electron chi connectivity index (χ2n) is 29.4. The number of likely N-dealkylation sites (tertiary alicyclic amines) is 5. The number of hydrogen-bond acceptors (Lipinski definition) is 27.